The lowest BCUT2D eigenvalue weighted by Gasteiger charge is -2.14. The third-order valence-corrected chi connectivity index (χ3v) is 6.05. The molecule has 3 aromatic carbocycles. The van der Waals surface area contributed by atoms with Gasteiger partial charge in [0, 0.05) is 16.2 Å². The van der Waals surface area contributed by atoms with Gasteiger partial charge in [-0.1, -0.05) is 36.4 Å². The Bertz CT molecular complexity index is 1290. The normalized spacial score (nSPS) is 11.7. The number of ether oxygens (including phenoxy) is 1. The molecule has 0 aliphatic heterocycles. The van der Waals surface area contributed by atoms with E-state index in [1.165, 1.54) is 12.1 Å². The maximum atomic E-state index is 13.2. The van der Waals surface area contributed by atoms with Crippen LogP contribution in [-0.4, -0.2) is 19.5 Å². The van der Waals surface area contributed by atoms with E-state index in [0.717, 1.165) is 3.97 Å². The Morgan fingerprint density at radius 2 is 1.50 bits per heavy atom. The average Bonchev–Trinajstić information content (AvgIpc) is 2.68. The van der Waals surface area contributed by atoms with Gasteiger partial charge in [0.25, 0.3) is 15.6 Å². The summed E-state index contributed by atoms with van der Waals surface area (Å²) >= 11 is 0. The molecule has 130 valence electrons. The quantitative estimate of drug-likeness (QED) is 0.522. The smallest absolute Gasteiger partial charge is 0.272 e. The number of para-hydroxylation sites is 1. The van der Waals surface area contributed by atoms with Gasteiger partial charge in [-0.2, -0.15) is 3.97 Å². The molecule has 1 aromatic heterocycles. The molecule has 0 aliphatic carbocycles. The zero-order chi connectivity index (χ0) is 18.3. The van der Waals surface area contributed by atoms with E-state index < -0.39 is 15.6 Å². The fraction of sp³-hybridized carbons (Fsp3) is 0.0500. The minimum absolute atomic E-state index is 0.0696. The Morgan fingerprint density at radius 3 is 2.23 bits per heavy atom. The highest BCUT2D eigenvalue weighted by Gasteiger charge is 2.23. The summed E-state index contributed by atoms with van der Waals surface area (Å²) < 4.78 is 32.5. The van der Waals surface area contributed by atoms with E-state index in [4.69, 9.17) is 4.74 Å². The van der Waals surface area contributed by atoms with Crippen molar-refractivity contribution in [2.24, 2.45) is 0 Å². The molecule has 4 aromatic rings. The fourth-order valence-electron chi connectivity index (χ4n) is 3.09. The number of rotatable bonds is 3. The second-order valence-corrected chi connectivity index (χ2v) is 7.60. The molecule has 0 fully saturated rings. The molecule has 0 saturated heterocycles. The van der Waals surface area contributed by atoms with Crippen molar-refractivity contribution in [3.8, 4) is 5.75 Å². The van der Waals surface area contributed by atoms with E-state index in [2.05, 4.69) is 0 Å². The summed E-state index contributed by atoms with van der Waals surface area (Å²) in [5.41, 5.74) is -0.243. The first-order chi connectivity index (χ1) is 12.5. The Labute approximate surface area is 150 Å². The van der Waals surface area contributed by atoms with E-state index in [9.17, 15) is 13.2 Å². The van der Waals surface area contributed by atoms with E-state index >= 15 is 0 Å². The second-order valence-electron chi connectivity index (χ2n) is 5.82. The molecular formula is C20H15NO4S. The molecule has 0 unspecified atom stereocenters. The molecule has 26 heavy (non-hydrogen) atoms. The second kappa shape index (κ2) is 6.00. The van der Waals surface area contributed by atoms with Crippen molar-refractivity contribution < 1.29 is 13.2 Å². The zero-order valence-corrected chi connectivity index (χ0v) is 14.7. The number of pyridine rings is 1. The minimum Gasteiger partial charge on any atom is -0.497 e. The Kier molecular flexibility index (Phi) is 3.77. The van der Waals surface area contributed by atoms with Crippen LogP contribution in [0.25, 0.3) is 21.7 Å². The van der Waals surface area contributed by atoms with Crippen LogP contribution in [0.15, 0.2) is 82.5 Å². The van der Waals surface area contributed by atoms with Gasteiger partial charge in [-0.05, 0) is 36.4 Å². The molecule has 6 heteroatoms. The summed E-state index contributed by atoms with van der Waals surface area (Å²) in [6, 6.07) is 19.9. The molecule has 5 nitrogen and oxygen atoms in total. The Morgan fingerprint density at radius 1 is 0.808 bits per heavy atom. The number of nitrogens with zero attached hydrogens (tertiary/aromatic N) is 1. The van der Waals surface area contributed by atoms with Crippen molar-refractivity contribution in [3.05, 3.63) is 83.2 Å². The van der Waals surface area contributed by atoms with E-state index in [1.54, 1.807) is 61.7 Å². The lowest BCUT2D eigenvalue weighted by molar-refractivity contribution is 0.415. The number of fused-ring (bicyclic) bond motifs is 3. The summed E-state index contributed by atoms with van der Waals surface area (Å²) in [6.45, 7) is 0. The molecule has 0 aliphatic rings. The van der Waals surface area contributed by atoms with Crippen LogP contribution in [0.3, 0.4) is 0 Å². The van der Waals surface area contributed by atoms with Crippen molar-refractivity contribution in [2.45, 2.75) is 4.90 Å². The number of benzene rings is 3. The molecule has 0 saturated carbocycles. The van der Waals surface area contributed by atoms with Crippen LogP contribution in [-0.2, 0) is 10.0 Å². The van der Waals surface area contributed by atoms with Crippen molar-refractivity contribution in [1.82, 2.24) is 3.97 Å². The monoisotopic (exact) mass is 365 g/mol. The van der Waals surface area contributed by atoms with Gasteiger partial charge in [0.05, 0.1) is 17.5 Å². The highest BCUT2D eigenvalue weighted by Crippen LogP contribution is 2.28. The Balaban J connectivity index is 2.20. The van der Waals surface area contributed by atoms with Crippen LogP contribution in [0.4, 0.5) is 0 Å². The third-order valence-electron chi connectivity index (χ3n) is 4.34. The van der Waals surface area contributed by atoms with Crippen molar-refractivity contribution in [2.75, 3.05) is 7.11 Å². The molecule has 0 bridgehead atoms. The lowest BCUT2D eigenvalue weighted by Crippen LogP contribution is -2.28. The largest absolute Gasteiger partial charge is 0.497 e. The highest BCUT2D eigenvalue weighted by atomic mass is 32.2. The first kappa shape index (κ1) is 16.4. The van der Waals surface area contributed by atoms with Gasteiger partial charge in [0.1, 0.15) is 5.75 Å². The summed E-state index contributed by atoms with van der Waals surface area (Å²) in [5, 5.41) is 1.65. The van der Waals surface area contributed by atoms with Gasteiger partial charge in [-0.3, -0.25) is 4.79 Å². The SMILES string of the molecule is COc1ccc2c(=O)n(S(=O)(=O)c3ccccc3)c3ccccc3c2c1. The van der Waals surface area contributed by atoms with Crippen LogP contribution >= 0.6 is 0 Å². The van der Waals surface area contributed by atoms with Gasteiger partial charge in [-0.15, -0.1) is 0 Å². The maximum absolute atomic E-state index is 13.2. The molecule has 0 amide bonds. The molecule has 1 heterocycles. The van der Waals surface area contributed by atoms with Gasteiger partial charge >= 0.3 is 0 Å². The summed E-state index contributed by atoms with van der Waals surface area (Å²) in [6.07, 6.45) is 0. The van der Waals surface area contributed by atoms with Crippen molar-refractivity contribution in [1.29, 1.82) is 0 Å². The van der Waals surface area contributed by atoms with E-state index in [1.807, 2.05) is 6.07 Å². The summed E-state index contributed by atoms with van der Waals surface area (Å²) in [5.74, 6) is 0.603. The van der Waals surface area contributed by atoms with E-state index in [-0.39, 0.29) is 4.90 Å². The van der Waals surface area contributed by atoms with Gasteiger partial charge < -0.3 is 4.74 Å². The topological polar surface area (TPSA) is 65.4 Å². The maximum Gasteiger partial charge on any atom is 0.272 e. The first-order valence-electron chi connectivity index (χ1n) is 7.96. The number of aromatic nitrogens is 1. The summed E-state index contributed by atoms with van der Waals surface area (Å²) in [7, 11) is -2.48. The van der Waals surface area contributed by atoms with Crippen LogP contribution in [0, 0.1) is 0 Å². The minimum atomic E-state index is -4.03. The van der Waals surface area contributed by atoms with Crippen molar-refractivity contribution >= 4 is 31.7 Å². The molecule has 0 spiro atoms. The zero-order valence-electron chi connectivity index (χ0n) is 13.9. The number of hydrogen-bond acceptors (Lipinski definition) is 4. The summed E-state index contributed by atoms with van der Waals surface area (Å²) in [4.78, 5) is 13.2. The van der Waals surface area contributed by atoms with E-state index in [0.29, 0.717) is 27.4 Å². The predicted molar refractivity (Wildman–Crippen MR) is 101 cm³/mol. The number of hydrogen-bond donors (Lipinski definition) is 0. The fourth-order valence-corrected chi connectivity index (χ4v) is 4.54. The lowest BCUT2D eigenvalue weighted by atomic mass is 10.1. The molecule has 0 N–H and O–H groups in total. The molecule has 0 radical (unpaired) electrons. The highest BCUT2D eigenvalue weighted by molar-refractivity contribution is 7.90. The Hall–Kier alpha value is -3.12. The average molecular weight is 365 g/mol. The van der Waals surface area contributed by atoms with Crippen LogP contribution in [0.5, 0.6) is 5.75 Å². The van der Waals surface area contributed by atoms with Gasteiger partial charge in [0.2, 0.25) is 0 Å². The molecule has 4 rings (SSSR count). The molecule has 0 atom stereocenters. The standard InChI is InChI=1S/C20H15NO4S/c1-25-14-11-12-17-18(13-14)16-9-5-6-10-19(16)21(20(17)22)26(23,24)15-7-3-2-4-8-15/h2-13H,1H3. The van der Waals surface area contributed by atoms with Crippen LogP contribution in [0.2, 0.25) is 0 Å². The van der Waals surface area contributed by atoms with Gasteiger partial charge in [-0.25, -0.2) is 8.42 Å². The van der Waals surface area contributed by atoms with Crippen LogP contribution in [0.1, 0.15) is 0 Å². The van der Waals surface area contributed by atoms with Crippen LogP contribution < -0.4 is 10.3 Å². The third kappa shape index (κ3) is 2.38. The number of methoxy groups -OCH3 is 1. The van der Waals surface area contributed by atoms with Gasteiger partial charge in [0.15, 0.2) is 0 Å². The molecular weight excluding hydrogens is 350 g/mol. The first-order valence-corrected chi connectivity index (χ1v) is 9.40. The predicted octanol–water partition coefficient (Wildman–Crippen LogP) is 3.40. The van der Waals surface area contributed by atoms with Crippen molar-refractivity contribution in [3.63, 3.8) is 0 Å².